The van der Waals surface area contributed by atoms with Crippen molar-refractivity contribution in [2.45, 2.75) is 39.2 Å². The zero-order valence-corrected chi connectivity index (χ0v) is 10.6. The zero-order chi connectivity index (χ0) is 11.5. The van der Waals surface area contributed by atoms with Gasteiger partial charge < -0.3 is 10.2 Å². The van der Waals surface area contributed by atoms with E-state index in [1.165, 1.54) is 36.2 Å². The lowest BCUT2D eigenvalue weighted by atomic mass is 10.1. The van der Waals surface area contributed by atoms with Crippen molar-refractivity contribution in [2.24, 2.45) is 0 Å². The van der Waals surface area contributed by atoms with Crippen LogP contribution in [0.5, 0.6) is 0 Å². The number of rotatable bonds is 4. The summed E-state index contributed by atoms with van der Waals surface area (Å²) in [6.07, 6.45) is 3.56. The van der Waals surface area contributed by atoms with Gasteiger partial charge in [-0.05, 0) is 43.0 Å². The summed E-state index contributed by atoms with van der Waals surface area (Å²) in [5, 5.41) is 3.60. The molecular weight excluding hydrogens is 196 g/mol. The second-order valence-electron chi connectivity index (χ2n) is 4.67. The first-order valence-electron chi connectivity index (χ1n) is 6.35. The molecule has 0 fully saturated rings. The Morgan fingerprint density at radius 2 is 2.06 bits per heavy atom. The number of hydrogen-bond acceptors (Lipinski definition) is 2. The highest BCUT2D eigenvalue weighted by molar-refractivity contribution is 5.63. The van der Waals surface area contributed by atoms with Crippen molar-refractivity contribution in [3.63, 3.8) is 0 Å². The van der Waals surface area contributed by atoms with Crippen LogP contribution in [-0.4, -0.2) is 19.6 Å². The molecule has 0 atom stereocenters. The number of nitrogens with one attached hydrogen (secondary N) is 1. The maximum Gasteiger partial charge on any atom is 0.0398 e. The molecule has 0 aromatic heterocycles. The van der Waals surface area contributed by atoms with E-state index in [4.69, 9.17) is 0 Å². The van der Waals surface area contributed by atoms with E-state index in [1.54, 1.807) is 0 Å². The van der Waals surface area contributed by atoms with E-state index in [1.807, 2.05) is 0 Å². The highest BCUT2D eigenvalue weighted by Crippen LogP contribution is 2.29. The van der Waals surface area contributed by atoms with Crippen LogP contribution in [-0.2, 0) is 6.42 Å². The fourth-order valence-corrected chi connectivity index (χ4v) is 2.39. The SMILES string of the molecule is CCC(CC)Nc1ccc2c(c1)CCN2C. The molecule has 1 N–H and O–H groups in total. The second-order valence-corrected chi connectivity index (χ2v) is 4.67. The highest BCUT2D eigenvalue weighted by atomic mass is 15.1. The van der Waals surface area contributed by atoms with Crippen LogP contribution in [0.1, 0.15) is 32.3 Å². The lowest BCUT2D eigenvalue weighted by Gasteiger charge is -2.17. The minimum absolute atomic E-state index is 0.609. The Kier molecular flexibility index (Phi) is 3.37. The minimum atomic E-state index is 0.609. The molecule has 0 aliphatic carbocycles. The van der Waals surface area contributed by atoms with Crippen molar-refractivity contribution in [1.82, 2.24) is 0 Å². The fourth-order valence-electron chi connectivity index (χ4n) is 2.39. The molecule has 1 heterocycles. The van der Waals surface area contributed by atoms with Gasteiger partial charge in [-0.25, -0.2) is 0 Å². The van der Waals surface area contributed by atoms with Gasteiger partial charge in [0.05, 0.1) is 0 Å². The van der Waals surface area contributed by atoms with Gasteiger partial charge in [0.2, 0.25) is 0 Å². The smallest absolute Gasteiger partial charge is 0.0398 e. The first-order valence-corrected chi connectivity index (χ1v) is 6.35. The van der Waals surface area contributed by atoms with E-state index >= 15 is 0 Å². The van der Waals surface area contributed by atoms with Crippen molar-refractivity contribution in [1.29, 1.82) is 0 Å². The van der Waals surface area contributed by atoms with Crippen molar-refractivity contribution in [3.8, 4) is 0 Å². The molecule has 0 unspecified atom stereocenters. The molecule has 2 rings (SSSR count). The summed E-state index contributed by atoms with van der Waals surface area (Å²) in [6.45, 7) is 5.63. The summed E-state index contributed by atoms with van der Waals surface area (Å²) < 4.78 is 0. The van der Waals surface area contributed by atoms with E-state index in [2.05, 4.69) is 49.3 Å². The van der Waals surface area contributed by atoms with E-state index in [9.17, 15) is 0 Å². The van der Waals surface area contributed by atoms with Crippen molar-refractivity contribution < 1.29 is 0 Å². The molecule has 0 amide bonds. The largest absolute Gasteiger partial charge is 0.382 e. The normalized spacial score (nSPS) is 14.4. The van der Waals surface area contributed by atoms with E-state index in [-0.39, 0.29) is 0 Å². The molecule has 2 heteroatoms. The predicted molar refractivity (Wildman–Crippen MR) is 71.4 cm³/mol. The Morgan fingerprint density at radius 1 is 1.31 bits per heavy atom. The number of nitrogens with zero attached hydrogens (tertiary/aromatic N) is 1. The topological polar surface area (TPSA) is 15.3 Å². The zero-order valence-electron chi connectivity index (χ0n) is 10.6. The van der Waals surface area contributed by atoms with Gasteiger partial charge in [-0.3, -0.25) is 0 Å². The van der Waals surface area contributed by atoms with Crippen molar-refractivity contribution >= 4 is 11.4 Å². The van der Waals surface area contributed by atoms with Gasteiger partial charge in [0, 0.05) is 31.0 Å². The molecular formula is C14H22N2. The molecule has 1 aliphatic rings. The van der Waals surface area contributed by atoms with Crippen LogP contribution in [0, 0.1) is 0 Å². The van der Waals surface area contributed by atoms with Crippen LogP contribution in [0.3, 0.4) is 0 Å². The summed E-state index contributed by atoms with van der Waals surface area (Å²) in [5.41, 5.74) is 4.16. The molecule has 1 aromatic carbocycles. The Morgan fingerprint density at radius 3 is 2.75 bits per heavy atom. The predicted octanol–water partition coefficient (Wildman–Crippen LogP) is 3.28. The molecule has 0 bridgehead atoms. The summed E-state index contributed by atoms with van der Waals surface area (Å²) in [7, 11) is 2.17. The molecule has 2 nitrogen and oxygen atoms in total. The third-order valence-electron chi connectivity index (χ3n) is 3.56. The van der Waals surface area contributed by atoms with Gasteiger partial charge in [0.1, 0.15) is 0 Å². The van der Waals surface area contributed by atoms with Crippen LogP contribution in [0.2, 0.25) is 0 Å². The van der Waals surface area contributed by atoms with Crippen molar-refractivity contribution in [2.75, 3.05) is 23.8 Å². The monoisotopic (exact) mass is 218 g/mol. The van der Waals surface area contributed by atoms with Crippen LogP contribution >= 0.6 is 0 Å². The summed E-state index contributed by atoms with van der Waals surface area (Å²) in [6, 6.07) is 7.38. The van der Waals surface area contributed by atoms with Gasteiger partial charge >= 0.3 is 0 Å². The minimum Gasteiger partial charge on any atom is -0.382 e. The van der Waals surface area contributed by atoms with Crippen LogP contribution in [0.25, 0.3) is 0 Å². The first kappa shape index (κ1) is 11.3. The molecule has 0 saturated carbocycles. The molecule has 1 aromatic rings. The average molecular weight is 218 g/mol. The van der Waals surface area contributed by atoms with Crippen LogP contribution < -0.4 is 10.2 Å². The summed E-state index contributed by atoms with van der Waals surface area (Å²) in [5.74, 6) is 0. The summed E-state index contributed by atoms with van der Waals surface area (Å²) >= 11 is 0. The molecule has 0 radical (unpaired) electrons. The van der Waals surface area contributed by atoms with E-state index in [0.717, 1.165) is 6.54 Å². The number of hydrogen-bond donors (Lipinski definition) is 1. The Balaban J connectivity index is 2.13. The van der Waals surface area contributed by atoms with E-state index < -0.39 is 0 Å². The molecule has 0 spiro atoms. The lowest BCUT2D eigenvalue weighted by Crippen LogP contribution is -2.17. The molecule has 16 heavy (non-hydrogen) atoms. The number of fused-ring (bicyclic) bond motifs is 1. The average Bonchev–Trinajstić information content (AvgIpc) is 2.68. The number of benzene rings is 1. The number of anilines is 2. The van der Waals surface area contributed by atoms with Gasteiger partial charge in [-0.15, -0.1) is 0 Å². The fraction of sp³-hybridized carbons (Fsp3) is 0.571. The summed E-state index contributed by atoms with van der Waals surface area (Å²) in [4.78, 5) is 2.33. The molecule has 88 valence electrons. The maximum absolute atomic E-state index is 3.60. The second kappa shape index (κ2) is 4.77. The Hall–Kier alpha value is -1.18. The third-order valence-corrected chi connectivity index (χ3v) is 3.56. The van der Waals surface area contributed by atoms with Crippen LogP contribution in [0.15, 0.2) is 18.2 Å². The Labute approximate surface area is 98.7 Å². The van der Waals surface area contributed by atoms with Gasteiger partial charge in [0.15, 0.2) is 0 Å². The van der Waals surface area contributed by atoms with Crippen LogP contribution in [0.4, 0.5) is 11.4 Å². The standard InChI is InChI=1S/C14H22N2/c1-4-12(5-2)15-13-6-7-14-11(10-13)8-9-16(14)3/h6-7,10,12,15H,4-5,8-9H2,1-3H3. The maximum atomic E-state index is 3.60. The number of likely N-dealkylation sites (N-methyl/N-ethyl adjacent to an activating group) is 1. The molecule has 1 aliphatic heterocycles. The van der Waals surface area contributed by atoms with Gasteiger partial charge in [-0.1, -0.05) is 13.8 Å². The van der Waals surface area contributed by atoms with Crippen molar-refractivity contribution in [3.05, 3.63) is 23.8 Å². The lowest BCUT2D eigenvalue weighted by molar-refractivity contribution is 0.672. The van der Waals surface area contributed by atoms with Gasteiger partial charge in [-0.2, -0.15) is 0 Å². The first-order chi connectivity index (χ1) is 7.74. The quantitative estimate of drug-likeness (QED) is 0.834. The molecule has 0 saturated heterocycles. The van der Waals surface area contributed by atoms with E-state index in [0.29, 0.717) is 6.04 Å². The Bertz CT molecular complexity index is 356. The third kappa shape index (κ3) is 2.16. The van der Waals surface area contributed by atoms with Gasteiger partial charge in [0.25, 0.3) is 0 Å². The highest BCUT2D eigenvalue weighted by Gasteiger charge is 2.15.